The molecule has 0 aliphatic heterocycles. The normalized spacial score (nSPS) is 12.9. The van der Waals surface area contributed by atoms with Gasteiger partial charge in [0, 0.05) is 160 Å². The minimum Gasteiger partial charge on any atom is -0.481 e. The quantitative estimate of drug-likeness (QED) is 0.0125. The third-order valence-corrected chi connectivity index (χ3v) is 23.3. The van der Waals surface area contributed by atoms with Gasteiger partial charge in [-0.05, 0) is 195 Å². The van der Waals surface area contributed by atoms with Gasteiger partial charge in [0.15, 0.2) is 17.3 Å². The molecule has 9 aromatic rings. The lowest BCUT2D eigenvalue weighted by atomic mass is 9.88. The van der Waals surface area contributed by atoms with Crippen molar-refractivity contribution in [3.05, 3.63) is 216 Å². The average Bonchev–Trinajstić information content (AvgIpc) is 1.64. The second-order valence-electron chi connectivity index (χ2n) is 31.9. The summed E-state index contributed by atoms with van der Waals surface area (Å²) >= 11 is 0. The lowest BCUT2D eigenvalue weighted by Gasteiger charge is -2.25. The Morgan fingerprint density at radius 1 is 0.419 bits per heavy atom. The maximum Gasteiger partial charge on any atom is 0.407 e. The van der Waals surface area contributed by atoms with E-state index in [0.29, 0.717) is 83.5 Å². The fourth-order valence-electron chi connectivity index (χ4n) is 16.0. The van der Waals surface area contributed by atoms with Gasteiger partial charge in [-0.2, -0.15) is 0 Å². The number of nitrogens with zero attached hydrogens (tertiary/aromatic N) is 3. The number of fused-ring (bicyclic) bond motifs is 6. The minimum absolute atomic E-state index is 0.0289. The zero-order valence-electron chi connectivity index (χ0n) is 73.8. The lowest BCUT2D eigenvalue weighted by Crippen LogP contribution is -2.47. The summed E-state index contributed by atoms with van der Waals surface area (Å²) in [6.07, 6.45) is -0.613. The highest BCUT2D eigenvalue weighted by molar-refractivity contribution is 6.02. The smallest absolute Gasteiger partial charge is 0.407 e. The van der Waals surface area contributed by atoms with Crippen LogP contribution in [-0.4, -0.2) is 165 Å². The van der Waals surface area contributed by atoms with Crippen LogP contribution in [0.2, 0.25) is 0 Å². The second kappa shape index (κ2) is 48.9. The molecule has 1 aliphatic rings. The molecule has 1 aliphatic carbocycles. The minimum atomic E-state index is -1.41. The van der Waals surface area contributed by atoms with E-state index in [1.165, 1.54) is 18.2 Å². The largest absolute Gasteiger partial charge is 0.481 e. The van der Waals surface area contributed by atoms with Crippen LogP contribution in [-0.2, 0) is 49.5 Å². The van der Waals surface area contributed by atoms with Crippen LogP contribution in [0.1, 0.15) is 198 Å². The van der Waals surface area contributed by atoms with E-state index in [4.69, 9.17) is 35.2 Å². The number of Topliss-reactive ketones (excluding diaryl/α,β-unsaturated/α-hetero) is 3. The molecule has 0 saturated carbocycles. The van der Waals surface area contributed by atoms with Crippen LogP contribution >= 0.6 is 0 Å². The Morgan fingerprint density at radius 2 is 0.791 bits per heavy atom. The SMILES string of the molecule is CCN(CC)c1ccc2cc(C(=O)NCCCC[C@H](CC(=O)[C@H](CCC(=O)O)NC(=O)[C@@H](CC(=O)[C@H](CCC(=O)O)NC(=O)OCC3c4ccccc4-c4ccccc43)Cc3ccccc3)C(N)=O)c(=O)oc2c1.CCN(CC)c1ccc2cc(C(=O)NCCCC[C@H](CC(=O)[C@H](CCCCN)NC(=O)c3cc4ccc(N(CC)CC)cc4oc3=O)C(N)=O)c(=O)oc2c1. The Hall–Kier alpha value is -13.7. The van der Waals surface area contributed by atoms with E-state index in [0.717, 1.165) is 78.6 Å². The molecule has 32 heteroatoms. The summed E-state index contributed by atoms with van der Waals surface area (Å²) in [5.41, 5.74) is 22.5. The van der Waals surface area contributed by atoms with Gasteiger partial charge in [0.1, 0.15) is 40.0 Å². The maximum atomic E-state index is 14.2. The Balaban J connectivity index is 0.000000304. The average molecular weight is 1770 g/mol. The van der Waals surface area contributed by atoms with Gasteiger partial charge >= 0.3 is 34.9 Å². The molecule has 686 valence electrons. The highest BCUT2D eigenvalue weighted by Crippen LogP contribution is 2.45. The van der Waals surface area contributed by atoms with Crippen molar-refractivity contribution in [1.82, 2.24) is 26.6 Å². The first-order valence-corrected chi connectivity index (χ1v) is 44.1. The van der Waals surface area contributed by atoms with Gasteiger partial charge in [-0.15, -0.1) is 0 Å². The van der Waals surface area contributed by atoms with Crippen LogP contribution in [0.15, 0.2) is 179 Å². The highest BCUT2D eigenvalue weighted by Gasteiger charge is 2.36. The number of carboxylic acids is 2. The first-order valence-electron chi connectivity index (χ1n) is 44.1. The number of aliphatic carboxylic acids is 2. The standard InChI is InChI=1S/C56H63N5O13.C41H54N6O8/c1-3-61(4-2)38-22-21-35-29-43(55(71)74-49(35)32-38)54(70)58-27-13-12-16-36(52(57)68)30-47(62)45(23-25-50(64)65)59-53(69)37(28-34-14-6-5-7-15-34)31-48(63)46(24-26-51(66)67)60-56(72)73-33-44-41-19-10-8-17-39(41)40-18-9-11-20-42(40)44;1-5-46(6-2)29-17-15-26-21-31(40(52)54-35(26)24-29)38(50)44-20-12-10-13-28(37(43)49)23-34(48)33(14-9-11-19-42)45-39(51)32-22-27-16-18-30(47(7-3)8-4)25-36(27)55-41(32)53/h5-11,14-15,17-22,29,32,36-37,44-46H,3-4,12-13,16,23-28,30-31,33H2,1-2H3,(H2,57,68)(H,58,70)(H,59,69)(H,60,72)(H,64,65)(H,66,67);15-18,21-22,24-25,28,33H,5-14,19-20,23,42H2,1-4H3,(H2,43,49)(H,44,50)(H,45,51)/t36-,37-,45+,46+;28-,33+/m11/s1. The number of primary amides is 2. The van der Waals surface area contributed by atoms with E-state index in [-0.39, 0.29) is 87.3 Å². The van der Waals surface area contributed by atoms with E-state index < -0.39 is 149 Å². The van der Waals surface area contributed by atoms with Crippen LogP contribution < -0.4 is 75.4 Å². The molecule has 6 atom stereocenters. The predicted octanol–water partition coefficient (Wildman–Crippen LogP) is 11.0. The van der Waals surface area contributed by atoms with Crippen molar-refractivity contribution < 1.29 is 85.7 Å². The van der Waals surface area contributed by atoms with Gasteiger partial charge in [0.2, 0.25) is 17.7 Å². The third-order valence-electron chi connectivity index (χ3n) is 23.3. The summed E-state index contributed by atoms with van der Waals surface area (Å²) in [7, 11) is 0. The Bertz CT molecular complexity index is 5620. The number of rotatable bonds is 51. The van der Waals surface area contributed by atoms with Crippen molar-refractivity contribution in [1.29, 1.82) is 0 Å². The molecule has 0 spiro atoms. The second-order valence-corrected chi connectivity index (χ2v) is 31.9. The Labute approximate surface area is 746 Å². The van der Waals surface area contributed by atoms with Crippen LogP contribution in [0.5, 0.6) is 0 Å². The number of anilines is 3. The molecular formula is C97H117N11O21. The summed E-state index contributed by atoms with van der Waals surface area (Å²) in [4.78, 5) is 202. The lowest BCUT2D eigenvalue weighted by molar-refractivity contribution is -0.138. The maximum absolute atomic E-state index is 14.2. The zero-order valence-corrected chi connectivity index (χ0v) is 73.8. The number of carbonyl (C=O) groups excluding carboxylic acids is 10. The molecule has 0 bridgehead atoms. The topological polar surface area (TPSA) is 493 Å². The van der Waals surface area contributed by atoms with Gasteiger partial charge in [0.25, 0.3) is 17.7 Å². The monoisotopic (exact) mass is 1770 g/mol. The molecule has 3 heterocycles. The first kappa shape index (κ1) is 99.1. The molecular weight excluding hydrogens is 1660 g/mol. The van der Waals surface area contributed by atoms with Crippen molar-refractivity contribution in [2.45, 2.75) is 175 Å². The zero-order chi connectivity index (χ0) is 93.4. The molecule has 0 unspecified atom stereocenters. The van der Waals surface area contributed by atoms with Crippen LogP contribution in [0, 0.1) is 17.8 Å². The van der Waals surface area contributed by atoms with Gasteiger partial charge in [-0.25, -0.2) is 19.2 Å². The molecule has 0 fully saturated rings. The van der Waals surface area contributed by atoms with Crippen molar-refractivity contribution in [2.75, 3.05) is 80.2 Å². The number of nitrogens with one attached hydrogen (secondary N) is 5. The number of alkyl carbamates (subject to hydrolysis) is 1. The van der Waals surface area contributed by atoms with Crippen LogP contribution in [0.25, 0.3) is 44.0 Å². The Kier molecular flexibility index (Phi) is 37.6. The Morgan fingerprint density at radius 3 is 1.19 bits per heavy atom. The van der Waals surface area contributed by atoms with E-state index in [2.05, 4.69) is 41.3 Å². The fraction of sp³-hybridized carbons (Fsp3) is 0.412. The molecule has 0 saturated heterocycles. The summed E-state index contributed by atoms with van der Waals surface area (Å²) < 4.78 is 22.1. The molecule has 10 rings (SSSR count). The molecule has 32 nitrogen and oxygen atoms in total. The predicted molar refractivity (Wildman–Crippen MR) is 490 cm³/mol. The highest BCUT2D eigenvalue weighted by atomic mass is 16.5. The van der Waals surface area contributed by atoms with E-state index in [9.17, 15) is 82.1 Å². The van der Waals surface area contributed by atoms with Crippen molar-refractivity contribution in [3.8, 4) is 11.1 Å². The molecule has 6 aromatic carbocycles. The molecule has 7 amide bonds. The summed E-state index contributed by atoms with van der Waals surface area (Å²) in [5.74, 6) is -11.8. The number of hydrogen-bond acceptors (Lipinski definition) is 23. The number of hydrogen-bond donors (Lipinski definition) is 10. The number of nitrogens with two attached hydrogens (primary N) is 3. The number of ether oxygens (including phenoxy) is 1. The van der Waals surface area contributed by atoms with Crippen molar-refractivity contribution in [3.63, 3.8) is 0 Å². The number of unbranched alkanes of at least 4 members (excludes halogenated alkanes) is 3. The number of benzene rings is 6. The van der Waals surface area contributed by atoms with Crippen molar-refractivity contribution >= 4 is 121 Å². The summed E-state index contributed by atoms with van der Waals surface area (Å²) in [6, 6.07) is 41.1. The fourth-order valence-corrected chi connectivity index (χ4v) is 16.0. The van der Waals surface area contributed by atoms with Crippen molar-refractivity contribution in [2.24, 2.45) is 35.0 Å². The molecule has 3 aromatic heterocycles. The summed E-state index contributed by atoms with van der Waals surface area (Å²) in [5, 5.41) is 34.1. The van der Waals surface area contributed by atoms with Gasteiger partial charge in [0.05, 0.1) is 18.1 Å². The molecule has 13 N–H and O–H groups in total. The number of carbonyl (C=O) groups is 12. The van der Waals surface area contributed by atoms with Crippen LogP contribution in [0.4, 0.5) is 21.9 Å². The number of carboxylic acid groups (broad SMARTS) is 2. The van der Waals surface area contributed by atoms with Gasteiger partial charge in [-0.3, -0.25) is 52.7 Å². The summed E-state index contributed by atoms with van der Waals surface area (Å²) in [6.45, 7) is 17.4. The van der Waals surface area contributed by atoms with Crippen LogP contribution in [0.3, 0.4) is 0 Å². The third kappa shape index (κ3) is 27.9. The van der Waals surface area contributed by atoms with Gasteiger partial charge < -0.3 is 86.7 Å². The molecule has 0 radical (unpaired) electrons. The van der Waals surface area contributed by atoms with E-state index in [1.54, 1.807) is 60.7 Å². The van der Waals surface area contributed by atoms with E-state index >= 15 is 0 Å². The van der Waals surface area contributed by atoms with Gasteiger partial charge in [-0.1, -0.05) is 91.7 Å². The number of amides is 7. The number of ketones is 3. The van der Waals surface area contributed by atoms with E-state index in [1.807, 2.05) is 114 Å². The molecule has 129 heavy (non-hydrogen) atoms. The first-order chi connectivity index (χ1) is 62.0.